The van der Waals surface area contributed by atoms with Crippen LogP contribution in [-0.2, 0) is 15.8 Å². The van der Waals surface area contributed by atoms with Crippen molar-refractivity contribution in [3.8, 4) is 0 Å². The van der Waals surface area contributed by atoms with Gasteiger partial charge in [-0.15, -0.1) is 6.58 Å². The molecule has 0 aromatic heterocycles. The molecule has 1 aromatic carbocycles. The third kappa shape index (κ3) is 6.03. The van der Waals surface area contributed by atoms with Crippen molar-refractivity contribution in [2.24, 2.45) is 0 Å². The average Bonchev–Trinajstić information content (AvgIpc) is 3.00. The van der Waals surface area contributed by atoms with Crippen LogP contribution in [0, 0.1) is 0 Å². The maximum atomic E-state index is 11.9. The van der Waals surface area contributed by atoms with Gasteiger partial charge in [0.15, 0.2) is 0 Å². The third-order valence-corrected chi connectivity index (χ3v) is 5.03. The maximum absolute atomic E-state index is 11.9. The second-order valence-corrected chi connectivity index (χ2v) is 7.48. The maximum Gasteiger partial charge on any atom is 0.319 e. The minimum absolute atomic E-state index is 0.102. The van der Waals surface area contributed by atoms with Crippen molar-refractivity contribution in [1.82, 2.24) is 10.0 Å². The summed E-state index contributed by atoms with van der Waals surface area (Å²) in [6, 6.07) is 6.83. The number of urea groups is 1. The SMILES string of the molecule is C=CCNS(=O)(=O)Cc1ccc(NC(=O)NC2CCCC2)cc1. The summed E-state index contributed by atoms with van der Waals surface area (Å²) in [5.41, 5.74) is 1.30. The predicted octanol–water partition coefficient (Wildman–Crippen LogP) is 2.36. The van der Waals surface area contributed by atoms with E-state index in [9.17, 15) is 13.2 Å². The molecule has 1 fully saturated rings. The van der Waals surface area contributed by atoms with Crippen LogP contribution in [0.5, 0.6) is 0 Å². The number of hydrogen-bond donors (Lipinski definition) is 3. The van der Waals surface area contributed by atoms with Crippen molar-refractivity contribution in [3.05, 3.63) is 42.5 Å². The van der Waals surface area contributed by atoms with E-state index in [1.807, 2.05) is 0 Å². The van der Waals surface area contributed by atoms with Crippen LogP contribution in [0.1, 0.15) is 31.2 Å². The van der Waals surface area contributed by atoms with Gasteiger partial charge in [0.2, 0.25) is 10.0 Å². The number of nitrogens with one attached hydrogen (secondary N) is 3. The van der Waals surface area contributed by atoms with Crippen LogP contribution < -0.4 is 15.4 Å². The number of benzene rings is 1. The molecule has 0 unspecified atom stereocenters. The van der Waals surface area contributed by atoms with Crippen LogP contribution >= 0.6 is 0 Å². The number of amides is 2. The minimum atomic E-state index is -3.37. The van der Waals surface area contributed by atoms with Gasteiger partial charge in [-0.3, -0.25) is 0 Å². The van der Waals surface area contributed by atoms with Gasteiger partial charge >= 0.3 is 6.03 Å². The van der Waals surface area contributed by atoms with Crippen molar-refractivity contribution >= 4 is 21.7 Å². The lowest BCUT2D eigenvalue weighted by atomic mass is 10.2. The number of sulfonamides is 1. The van der Waals surface area contributed by atoms with Crippen molar-refractivity contribution in [3.63, 3.8) is 0 Å². The predicted molar refractivity (Wildman–Crippen MR) is 91.7 cm³/mol. The molecule has 0 aliphatic heterocycles. The molecule has 126 valence electrons. The number of rotatable bonds is 7. The molecule has 0 radical (unpaired) electrons. The van der Waals surface area contributed by atoms with E-state index in [0.717, 1.165) is 25.7 Å². The molecule has 0 spiro atoms. The first-order valence-electron chi connectivity index (χ1n) is 7.73. The molecule has 1 aromatic rings. The molecule has 1 aliphatic carbocycles. The highest BCUT2D eigenvalue weighted by Crippen LogP contribution is 2.18. The second kappa shape index (κ2) is 8.12. The highest BCUT2D eigenvalue weighted by atomic mass is 32.2. The second-order valence-electron chi connectivity index (χ2n) is 5.67. The fourth-order valence-corrected chi connectivity index (χ4v) is 3.67. The van der Waals surface area contributed by atoms with E-state index in [2.05, 4.69) is 21.9 Å². The largest absolute Gasteiger partial charge is 0.335 e. The lowest BCUT2D eigenvalue weighted by Gasteiger charge is -2.13. The summed E-state index contributed by atoms with van der Waals surface area (Å²) in [7, 11) is -3.37. The quantitative estimate of drug-likeness (QED) is 0.668. The van der Waals surface area contributed by atoms with Gasteiger partial charge < -0.3 is 10.6 Å². The van der Waals surface area contributed by atoms with Gasteiger partial charge in [-0.25, -0.2) is 17.9 Å². The number of anilines is 1. The number of carbonyl (C=O) groups is 1. The van der Waals surface area contributed by atoms with Crippen molar-refractivity contribution in [1.29, 1.82) is 0 Å². The van der Waals surface area contributed by atoms with E-state index in [1.54, 1.807) is 24.3 Å². The van der Waals surface area contributed by atoms with Crippen LogP contribution in [0.3, 0.4) is 0 Å². The Balaban J connectivity index is 1.86. The summed E-state index contributed by atoms with van der Waals surface area (Å²) >= 11 is 0. The zero-order valence-corrected chi connectivity index (χ0v) is 13.9. The fraction of sp³-hybridized carbons (Fsp3) is 0.438. The molecule has 0 saturated heterocycles. The Bertz CT molecular complexity index is 635. The topological polar surface area (TPSA) is 87.3 Å². The van der Waals surface area contributed by atoms with Crippen LogP contribution in [-0.4, -0.2) is 27.0 Å². The molecule has 6 nitrogen and oxygen atoms in total. The van der Waals surface area contributed by atoms with Crippen LogP contribution in [0.2, 0.25) is 0 Å². The fourth-order valence-electron chi connectivity index (χ4n) is 2.56. The Morgan fingerprint density at radius 3 is 2.48 bits per heavy atom. The Morgan fingerprint density at radius 2 is 1.87 bits per heavy atom. The number of hydrogen-bond acceptors (Lipinski definition) is 3. The molecule has 3 N–H and O–H groups in total. The van der Waals surface area contributed by atoms with E-state index in [4.69, 9.17) is 0 Å². The van der Waals surface area contributed by atoms with Gasteiger partial charge in [0, 0.05) is 18.3 Å². The summed E-state index contributed by atoms with van der Waals surface area (Å²) in [6.07, 6.45) is 5.87. The summed E-state index contributed by atoms with van der Waals surface area (Å²) in [4.78, 5) is 11.9. The van der Waals surface area contributed by atoms with Crippen LogP contribution in [0.4, 0.5) is 10.5 Å². The summed E-state index contributed by atoms with van der Waals surface area (Å²) in [5.74, 6) is -0.102. The van der Waals surface area contributed by atoms with Gasteiger partial charge in [0.1, 0.15) is 0 Å². The van der Waals surface area contributed by atoms with Crippen LogP contribution in [0.25, 0.3) is 0 Å². The zero-order valence-electron chi connectivity index (χ0n) is 13.0. The monoisotopic (exact) mass is 337 g/mol. The lowest BCUT2D eigenvalue weighted by Crippen LogP contribution is -2.36. The first-order chi connectivity index (χ1) is 11.0. The van der Waals surface area contributed by atoms with E-state index in [-0.39, 0.29) is 24.4 Å². The van der Waals surface area contributed by atoms with Gasteiger partial charge in [-0.05, 0) is 30.5 Å². The Morgan fingerprint density at radius 1 is 1.22 bits per heavy atom. The molecule has 2 amide bonds. The standard InChI is InChI=1S/C16H23N3O3S/c1-2-11-17-23(21,22)12-13-7-9-15(10-8-13)19-16(20)18-14-5-3-4-6-14/h2,7-10,14,17H,1,3-6,11-12H2,(H2,18,19,20). The first-order valence-corrected chi connectivity index (χ1v) is 9.38. The van der Waals surface area contributed by atoms with E-state index < -0.39 is 10.0 Å². The van der Waals surface area contributed by atoms with Crippen molar-refractivity contribution < 1.29 is 13.2 Å². The van der Waals surface area contributed by atoms with E-state index in [0.29, 0.717) is 11.3 Å². The van der Waals surface area contributed by atoms with Gasteiger partial charge in [0.25, 0.3) is 0 Å². The minimum Gasteiger partial charge on any atom is -0.335 e. The molecule has 7 heteroatoms. The molecule has 2 rings (SSSR count). The third-order valence-electron chi connectivity index (χ3n) is 3.71. The van der Waals surface area contributed by atoms with Gasteiger partial charge in [-0.2, -0.15) is 0 Å². The smallest absolute Gasteiger partial charge is 0.319 e. The van der Waals surface area contributed by atoms with Crippen molar-refractivity contribution in [2.75, 3.05) is 11.9 Å². The lowest BCUT2D eigenvalue weighted by molar-refractivity contribution is 0.248. The van der Waals surface area contributed by atoms with E-state index >= 15 is 0 Å². The van der Waals surface area contributed by atoms with Gasteiger partial charge in [-0.1, -0.05) is 31.1 Å². The Kier molecular flexibility index (Phi) is 6.18. The first kappa shape index (κ1) is 17.5. The molecule has 1 aliphatic rings. The van der Waals surface area contributed by atoms with Gasteiger partial charge in [0.05, 0.1) is 5.75 Å². The zero-order chi connectivity index (χ0) is 16.7. The van der Waals surface area contributed by atoms with Crippen LogP contribution in [0.15, 0.2) is 36.9 Å². The Hall–Kier alpha value is -1.86. The normalized spacial score (nSPS) is 15.3. The molecule has 0 atom stereocenters. The average molecular weight is 337 g/mol. The highest BCUT2D eigenvalue weighted by molar-refractivity contribution is 7.88. The Labute approximate surface area is 137 Å². The van der Waals surface area contributed by atoms with Crippen molar-refractivity contribution in [2.45, 2.75) is 37.5 Å². The summed E-state index contributed by atoms with van der Waals surface area (Å²) in [5, 5.41) is 5.70. The summed E-state index contributed by atoms with van der Waals surface area (Å²) < 4.78 is 26.0. The summed E-state index contributed by atoms with van der Waals surface area (Å²) in [6.45, 7) is 3.69. The van der Waals surface area contributed by atoms with E-state index in [1.165, 1.54) is 6.08 Å². The molecule has 1 saturated carbocycles. The molecule has 0 heterocycles. The highest BCUT2D eigenvalue weighted by Gasteiger charge is 2.17. The molecule has 0 bridgehead atoms. The number of carbonyl (C=O) groups excluding carboxylic acids is 1. The molecule has 23 heavy (non-hydrogen) atoms. The molecular weight excluding hydrogens is 314 g/mol. The molecular formula is C16H23N3O3S.